The third-order valence-electron chi connectivity index (χ3n) is 3.73. The van der Waals surface area contributed by atoms with Crippen molar-refractivity contribution in [1.82, 2.24) is 15.1 Å². The predicted octanol–water partition coefficient (Wildman–Crippen LogP) is 2.14. The van der Waals surface area contributed by atoms with Gasteiger partial charge in [0.15, 0.2) is 9.84 Å². The maximum absolute atomic E-state index is 11.8. The summed E-state index contributed by atoms with van der Waals surface area (Å²) in [6, 6.07) is 0.0423. The molecule has 1 aliphatic rings. The standard InChI is InChI=1S/C13H22BrN3O2S/c1-3-6-17-13(11(14)8-16-17)12(15-4-2)10-5-7-20(18,19)9-10/h8,10,12,15H,3-7,9H2,1-2H3. The molecule has 5 nitrogen and oxygen atoms in total. The van der Waals surface area contributed by atoms with Crippen molar-refractivity contribution in [3.05, 3.63) is 16.4 Å². The van der Waals surface area contributed by atoms with E-state index in [9.17, 15) is 8.42 Å². The van der Waals surface area contributed by atoms with E-state index in [1.807, 2.05) is 11.6 Å². The molecule has 114 valence electrons. The molecule has 1 aliphatic heterocycles. The quantitative estimate of drug-likeness (QED) is 0.840. The molecule has 7 heteroatoms. The Morgan fingerprint density at radius 3 is 2.85 bits per heavy atom. The molecule has 2 heterocycles. The molecule has 2 rings (SSSR count). The van der Waals surface area contributed by atoms with Gasteiger partial charge in [-0.1, -0.05) is 13.8 Å². The normalized spacial score (nSPS) is 23.1. The Balaban J connectivity index is 2.31. The summed E-state index contributed by atoms with van der Waals surface area (Å²) in [5, 5.41) is 7.85. The van der Waals surface area contributed by atoms with E-state index in [2.05, 4.69) is 33.3 Å². The van der Waals surface area contributed by atoms with Crippen molar-refractivity contribution < 1.29 is 8.42 Å². The second-order valence-electron chi connectivity index (χ2n) is 5.30. The van der Waals surface area contributed by atoms with Gasteiger partial charge < -0.3 is 5.32 Å². The molecular weight excluding hydrogens is 342 g/mol. The summed E-state index contributed by atoms with van der Waals surface area (Å²) in [7, 11) is -2.87. The van der Waals surface area contributed by atoms with Crippen molar-refractivity contribution in [2.45, 2.75) is 39.3 Å². The van der Waals surface area contributed by atoms with E-state index in [0.29, 0.717) is 5.75 Å². The first-order chi connectivity index (χ1) is 9.48. The Morgan fingerprint density at radius 2 is 2.30 bits per heavy atom. The first kappa shape index (κ1) is 16.0. The Labute approximate surface area is 129 Å². The van der Waals surface area contributed by atoms with E-state index in [-0.39, 0.29) is 17.7 Å². The average molecular weight is 364 g/mol. The molecule has 0 bridgehead atoms. The molecule has 1 aromatic heterocycles. The van der Waals surface area contributed by atoms with Gasteiger partial charge in [0, 0.05) is 6.54 Å². The number of halogens is 1. The summed E-state index contributed by atoms with van der Waals surface area (Å²) in [4.78, 5) is 0. The van der Waals surface area contributed by atoms with Gasteiger partial charge in [0.05, 0.1) is 33.9 Å². The predicted molar refractivity (Wildman–Crippen MR) is 83.4 cm³/mol. The van der Waals surface area contributed by atoms with Crippen LogP contribution in [-0.4, -0.2) is 36.2 Å². The highest BCUT2D eigenvalue weighted by Crippen LogP contribution is 2.35. The fourth-order valence-corrected chi connectivity index (χ4v) is 5.25. The first-order valence-electron chi connectivity index (χ1n) is 7.13. The van der Waals surface area contributed by atoms with Crippen LogP contribution in [0.4, 0.5) is 0 Å². The molecule has 0 amide bonds. The minimum Gasteiger partial charge on any atom is -0.309 e. The van der Waals surface area contributed by atoms with Crippen LogP contribution >= 0.6 is 15.9 Å². The van der Waals surface area contributed by atoms with Crippen LogP contribution in [0.2, 0.25) is 0 Å². The molecule has 1 fully saturated rings. The average Bonchev–Trinajstić information content (AvgIpc) is 2.91. The highest BCUT2D eigenvalue weighted by atomic mass is 79.9. The molecule has 1 N–H and O–H groups in total. The second-order valence-corrected chi connectivity index (χ2v) is 8.38. The molecule has 2 unspecified atom stereocenters. The van der Waals surface area contributed by atoms with Crippen LogP contribution < -0.4 is 5.32 Å². The largest absolute Gasteiger partial charge is 0.309 e. The highest BCUT2D eigenvalue weighted by Gasteiger charge is 2.36. The van der Waals surface area contributed by atoms with Crippen LogP contribution in [0.3, 0.4) is 0 Å². The summed E-state index contributed by atoms with van der Waals surface area (Å²) in [6.45, 7) is 5.82. The van der Waals surface area contributed by atoms with E-state index in [0.717, 1.165) is 36.1 Å². The smallest absolute Gasteiger partial charge is 0.150 e. The van der Waals surface area contributed by atoms with Crippen molar-refractivity contribution >= 4 is 25.8 Å². The third kappa shape index (κ3) is 3.43. The molecule has 2 atom stereocenters. The van der Waals surface area contributed by atoms with E-state index in [4.69, 9.17) is 0 Å². The second kappa shape index (κ2) is 6.58. The van der Waals surface area contributed by atoms with Crippen LogP contribution in [0, 0.1) is 5.92 Å². The number of nitrogens with one attached hydrogen (secondary N) is 1. The summed E-state index contributed by atoms with van der Waals surface area (Å²) in [5.74, 6) is 0.705. The van der Waals surface area contributed by atoms with Crippen molar-refractivity contribution in [2.75, 3.05) is 18.1 Å². The Hall–Kier alpha value is -0.400. The fraction of sp³-hybridized carbons (Fsp3) is 0.769. The van der Waals surface area contributed by atoms with E-state index < -0.39 is 9.84 Å². The third-order valence-corrected chi connectivity index (χ3v) is 6.13. The van der Waals surface area contributed by atoms with Crippen molar-refractivity contribution in [3.63, 3.8) is 0 Å². The number of sulfone groups is 1. The molecule has 0 saturated carbocycles. The molecule has 0 aromatic carbocycles. The highest BCUT2D eigenvalue weighted by molar-refractivity contribution is 9.10. The van der Waals surface area contributed by atoms with Gasteiger partial charge in [-0.15, -0.1) is 0 Å². The van der Waals surface area contributed by atoms with Gasteiger partial charge in [-0.3, -0.25) is 4.68 Å². The number of aromatic nitrogens is 2. The molecule has 1 aromatic rings. The van der Waals surface area contributed by atoms with Crippen LogP contribution in [0.25, 0.3) is 0 Å². The number of nitrogens with zero attached hydrogens (tertiary/aromatic N) is 2. The summed E-state index contributed by atoms with van der Waals surface area (Å²) in [5.41, 5.74) is 1.08. The van der Waals surface area contributed by atoms with Gasteiger partial charge in [0.2, 0.25) is 0 Å². The van der Waals surface area contributed by atoms with Gasteiger partial charge in [-0.2, -0.15) is 5.10 Å². The van der Waals surface area contributed by atoms with Crippen LogP contribution in [0.15, 0.2) is 10.7 Å². The Bertz CT molecular complexity index is 556. The van der Waals surface area contributed by atoms with E-state index >= 15 is 0 Å². The Morgan fingerprint density at radius 1 is 1.55 bits per heavy atom. The zero-order valence-corrected chi connectivity index (χ0v) is 14.4. The molecule has 0 aliphatic carbocycles. The number of aryl methyl sites for hydroxylation is 1. The molecular formula is C13H22BrN3O2S. The fourth-order valence-electron chi connectivity index (χ4n) is 2.86. The van der Waals surface area contributed by atoms with Crippen LogP contribution in [0.5, 0.6) is 0 Å². The zero-order valence-electron chi connectivity index (χ0n) is 12.0. The van der Waals surface area contributed by atoms with Crippen molar-refractivity contribution in [2.24, 2.45) is 5.92 Å². The molecule has 1 saturated heterocycles. The maximum Gasteiger partial charge on any atom is 0.150 e. The number of rotatable bonds is 6. The summed E-state index contributed by atoms with van der Waals surface area (Å²) >= 11 is 3.56. The van der Waals surface area contributed by atoms with Gasteiger partial charge in [0.25, 0.3) is 0 Å². The van der Waals surface area contributed by atoms with Crippen LogP contribution in [0.1, 0.15) is 38.4 Å². The first-order valence-corrected chi connectivity index (χ1v) is 9.75. The van der Waals surface area contributed by atoms with E-state index in [1.54, 1.807) is 6.20 Å². The van der Waals surface area contributed by atoms with Gasteiger partial charge in [-0.25, -0.2) is 8.42 Å². The van der Waals surface area contributed by atoms with Gasteiger partial charge in [-0.05, 0) is 41.2 Å². The SMILES string of the molecule is CCCn1ncc(Br)c1C(NCC)C1CCS(=O)(=O)C1. The lowest BCUT2D eigenvalue weighted by Gasteiger charge is -2.25. The van der Waals surface area contributed by atoms with Gasteiger partial charge in [0.1, 0.15) is 0 Å². The number of hydrogen-bond donors (Lipinski definition) is 1. The minimum atomic E-state index is -2.87. The van der Waals surface area contributed by atoms with Crippen LogP contribution in [-0.2, 0) is 16.4 Å². The summed E-state index contributed by atoms with van der Waals surface area (Å²) in [6.07, 6.45) is 3.53. The molecule has 0 spiro atoms. The van der Waals surface area contributed by atoms with Crippen molar-refractivity contribution in [3.8, 4) is 0 Å². The lowest BCUT2D eigenvalue weighted by molar-refractivity contribution is 0.370. The van der Waals surface area contributed by atoms with Gasteiger partial charge >= 0.3 is 0 Å². The Kier molecular flexibility index (Phi) is 5.25. The lowest BCUT2D eigenvalue weighted by atomic mass is 9.96. The minimum absolute atomic E-state index is 0.0423. The number of hydrogen-bond acceptors (Lipinski definition) is 4. The maximum atomic E-state index is 11.8. The molecule has 0 radical (unpaired) electrons. The summed E-state index contributed by atoms with van der Waals surface area (Å²) < 4.78 is 26.5. The topological polar surface area (TPSA) is 64.0 Å². The lowest BCUT2D eigenvalue weighted by Crippen LogP contribution is -2.31. The van der Waals surface area contributed by atoms with E-state index in [1.165, 1.54) is 0 Å². The zero-order chi connectivity index (χ0) is 14.8. The van der Waals surface area contributed by atoms with Crippen molar-refractivity contribution in [1.29, 1.82) is 0 Å². The monoisotopic (exact) mass is 363 g/mol. The molecule has 20 heavy (non-hydrogen) atoms.